The first kappa shape index (κ1) is 25.5. The Morgan fingerprint density at radius 3 is 2.36 bits per heavy atom. The number of nitrogens with zero attached hydrogens (tertiary/aromatic N) is 4. The number of aromatic nitrogens is 3. The van der Waals surface area contributed by atoms with Gasteiger partial charge in [-0.15, -0.1) is 13.2 Å². The third-order valence-corrected chi connectivity index (χ3v) is 6.23. The minimum absolute atomic E-state index is 0.0143. The molecule has 36 heavy (non-hydrogen) atoms. The maximum Gasteiger partial charge on any atom is 0.573 e. The standard InChI is InChI=1S/C24H23ClF3N5O3/c1-14-11-17(16-3-5-19(6-4-16)36-24(26,27)28)12-29-22(14)31-23(35)21-20(25)13-30-33(21)18-7-9-32(10-8-18)15(2)34/h3-6,11-13,18H,7-10H2,1-2H3,(H,29,31,35). The topological polar surface area (TPSA) is 89.4 Å². The number of benzene rings is 1. The van der Waals surface area contributed by atoms with E-state index in [2.05, 4.69) is 20.1 Å². The Balaban J connectivity index is 1.48. The number of carbonyl (C=O) groups is 2. The summed E-state index contributed by atoms with van der Waals surface area (Å²) < 4.78 is 42.6. The largest absolute Gasteiger partial charge is 0.573 e. The number of hydrogen-bond acceptors (Lipinski definition) is 5. The van der Waals surface area contributed by atoms with Gasteiger partial charge in [0.2, 0.25) is 5.91 Å². The summed E-state index contributed by atoms with van der Waals surface area (Å²) in [6.07, 6.45) is -0.529. The number of piperidine rings is 1. The molecule has 3 heterocycles. The van der Waals surface area contributed by atoms with E-state index >= 15 is 0 Å². The molecule has 1 saturated heterocycles. The highest BCUT2D eigenvalue weighted by molar-refractivity contribution is 6.34. The summed E-state index contributed by atoms with van der Waals surface area (Å²) in [5, 5.41) is 7.27. The van der Waals surface area contributed by atoms with E-state index in [9.17, 15) is 22.8 Å². The predicted molar refractivity (Wildman–Crippen MR) is 127 cm³/mol. The van der Waals surface area contributed by atoms with Crippen LogP contribution in [0.5, 0.6) is 5.75 Å². The highest BCUT2D eigenvalue weighted by Crippen LogP contribution is 2.30. The number of aryl methyl sites for hydroxylation is 1. The number of carbonyl (C=O) groups excluding carboxylic acids is 2. The van der Waals surface area contributed by atoms with Gasteiger partial charge in [0.15, 0.2) is 0 Å². The van der Waals surface area contributed by atoms with E-state index in [4.69, 9.17) is 11.6 Å². The van der Waals surface area contributed by atoms with E-state index in [-0.39, 0.29) is 28.4 Å². The zero-order chi connectivity index (χ0) is 26.0. The molecule has 0 unspecified atom stereocenters. The Morgan fingerprint density at radius 1 is 1.11 bits per heavy atom. The first-order valence-electron chi connectivity index (χ1n) is 11.1. The minimum atomic E-state index is -4.76. The SMILES string of the molecule is CC(=O)N1CCC(n2ncc(Cl)c2C(=O)Nc2ncc(-c3ccc(OC(F)(F)F)cc3)cc2C)CC1. The molecule has 1 fully saturated rings. The lowest BCUT2D eigenvalue weighted by Crippen LogP contribution is -2.38. The molecule has 1 aromatic carbocycles. The monoisotopic (exact) mass is 521 g/mol. The van der Waals surface area contributed by atoms with Gasteiger partial charge < -0.3 is 15.0 Å². The van der Waals surface area contributed by atoms with E-state index in [0.29, 0.717) is 48.4 Å². The number of amides is 2. The van der Waals surface area contributed by atoms with Crippen molar-refractivity contribution in [1.82, 2.24) is 19.7 Å². The quantitative estimate of drug-likeness (QED) is 0.496. The number of alkyl halides is 3. The van der Waals surface area contributed by atoms with Gasteiger partial charge in [-0.2, -0.15) is 5.10 Å². The summed E-state index contributed by atoms with van der Waals surface area (Å²) in [4.78, 5) is 30.8. The summed E-state index contributed by atoms with van der Waals surface area (Å²) >= 11 is 6.29. The molecule has 0 atom stereocenters. The van der Waals surface area contributed by atoms with E-state index in [1.165, 1.54) is 43.6 Å². The lowest BCUT2D eigenvalue weighted by Gasteiger charge is -2.32. The van der Waals surface area contributed by atoms with Crippen LogP contribution >= 0.6 is 11.6 Å². The fraction of sp³-hybridized carbons (Fsp3) is 0.333. The van der Waals surface area contributed by atoms with Crippen molar-refractivity contribution >= 4 is 29.2 Å². The average Bonchev–Trinajstić information content (AvgIpc) is 3.21. The van der Waals surface area contributed by atoms with Gasteiger partial charge in [-0.25, -0.2) is 4.98 Å². The molecule has 1 aliphatic heterocycles. The van der Waals surface area contributed by atoms with Gasteiger partial charge in [0.05, 0.1) is 17.3 Å². The fourth-order valence-electron chi connectivity index (χ4n) is 4.14. The Kier molecular flexibility index (Phi) is 7.21. The molecule has 0 radical (unpaired) electrons. The van der Waals surface area contributed by atoms with Gasteiger partial charge in [-0.1, -0.05) is 23.7 Å². The second-order valence-electron chi connectivity index (χ2n) is 8.44. The van der Waals surface area contributed by atoms with Gasteiger partial charge in [-0.05, 0) is 49.1 Å². The Morgan fingerprint density at radius 2 is 1.78 bits per heavy atom. The summed E-state index contributed by atoms with van der Waals surface area (Å²) in [5.41, 5.74) is 2.15. The summed E-state index contributed by atoms with van der Waals surface area (Å²) in [7, 11) is 0. The molecule has 8 nitrogen and oxygen atoms in total. The lowest BCUT2D eigenvalue weighted by atomic mass is 10.0. The molecular formula is C24H23ClF3N5O3. The Hall–Kier alpha value is -3.60. The molecule has 190 valence electrons. The van der Waals surface area contributed by atoms with Crippen LogP contribution in [0.4, 0.5) is 19.0 Å². The van der Waals surface area contributed by atoms with Crippen molar-refractivity contribution in [2.45, 2.75) is 39.1 Å². The number of ether oxygens (including phenoxy) is 1. The summed E-state index contributed by atoms with van der Waals surface area (Å²) in [6, 6.07) is 7.11. The van der Waals surface area contributed by atoms with Crippen molar-refractivity contribution in [2.24, 2.45) is 0 Å². The molecule has 0 aliphatic carbocycles. The Labute approximate surface area is 210 Å². The summed E-state index contributed by atoms with van der Waals surface area (Å²) in [5.74, 6) is -0.458. The maximum absolute atomic E-state index is 13.1. The third-order valence-electron chi connectivity index (χ3n) is 5.95. The van der Waals surface area contributed by atoms with Crippen molar-refractivity contribution in [3.8, 4) is 16.9 Å². The average molecular weight is 522 g/mol. The van der Waals surface area contributed by atoms with Gasteiger partial charge in [-0.3, -0.25) is 14.3 Å². The maximum atomic E-state index is 13.1. The molecule has 3 aromatic rings. The molecule has 1 N–H and O–H groups in total. The number of hydrogen-bond donors (Lipinski definition) is 1. The fourth-order valence-corrected chi connectivity index (χ4v) is 4.35. The van der Waals surface area contributed by atoms with Crippen LogP contribution in [-0.2, 0) is 4.79 Å². The second-order valence-corrected chi connectivity index (χ2v) is 8.85. The number of rotatable bonds is 5. The van der Waals surface area contributed by atoms with E-state index in [1.54, 1.807) is 22.6 Å². The molecule has 0 spiro atoms. The number of pyridine rings is 1. The van der Waals surface area contributed by atoms with Crippen LogP contribution in [-0.4, -0.2) is 50.9 Å². The first-order valence-corrected chi connectivity index (χ1v) is 11.5. The molecule has 2 aromatic heterocycles. The number of nitrogens with one attached hydrogen (secondary N) is 1. The molecule has 12 heteroatoms. The number of likely N-dealkylation sites (tertiary alicyclic amines) is 1. The van der Waals surface area contributed by atoms with E-state index in [0.717, 1.165) is 0 Å². The predicted octanol–water partition coefficient (Wildman–Crippen LogP) is 5.24. The molecular weight excluding hydrogens is 499 g/mol. The zero-order valence-electron chi connectivity index (χ0n) is 19.5. The molecule has 0 saturated carbocycles. The van der Waals surface area contributed by atoms with Crippen molar-refractivity contribution in [1.29, 1.82) is 0 Å². The van der Waals surface area contributed by atoms with Gasteiger partial charge in [0, 0.05) is 31.8 Å². The minimum Gasteiger partial charge on any atom is -0.406 e. The number of halogens is 4. The summed E-state index contributed by atoms with van der Waals surface area (Å²) in [6.45, 7) is 4.43. The lowest BCUT2D eigenvalue weighted by molar-refractivity contribution is -0.274. The van der Waals surface area contributed by atoms with Crippen LogP contribution in [0.1, 0.15) is 41.9 Å². The van der Waals surface area contributed by atoms with Crippen molar-refractivity contribution in [3.05, 3.63) is 59.0 Å². The highest BCUT2D eigenvalue weighted by Gasteiger charge is 2.31. The zero-order valence-corrected chi connectivity index (χ0v) is 20.2. The highest BCUT2D eigenvalue weighted by atomic mass is 35.5. The van der Waals surface area contributed by atoms with Crippen LogP contribution in [0.15, 0.2) is 42.7 Å². The van der Waals surface area contributed by atoms with E-state index in [1.807, 2.05) is 0 Å². The van der Waals surface area contributed by atoms with Crippen molar-refractivity contribution < 1.29 is 27.5 Å². The Bertz CT molecular complexity index is 1270. The molecule has 2 amide bonds. The van der Waals surface area contributed by atoms with Crippen LogP contribution in [0.3, 0.4) is 0 Å². The van der Waals surface area contributed by atoms with Crippen molar-refractivity contribution in [3.63, 3.8) is 0 Å². The normalized spacial score (nSPS) is 14.6. The van der Waals surface area contributed by atoms with Gasteiger partial charge in [0.25, 0.3) is 5.91 Å². The van der Waals surface area contributed by atoms with Crippen molar-refractivity contribution in [2.75, 3.05) is 18.4 Å². The molecule has 0 bridgehead atoms. The van der Waals surface area contributed by atoms with Gasteiger partial charge >= 0.3 is 6.36 Å². The third kappa shape index (κ3) is 5.78. The smallest absolute Gasteiger partial charge is 0.406 e. The number of anilines is 1. The van der Waals surface area contributed by atoms with Crippen LogP contribution in [0.2, 0.25) is 5.02 Å². The van der Waals surface area contributed by atoms with Crippen LogP contribution in [0, 0.1) is 6.92 Å². The molecule has 4 rings (SSSR count). The van der Waals surface area contributed by atoms with E-state index < -0.39 is 12.3 Å². The van der Waals surface area contributed by atoms with Crippen LogP contribution < -0.4 is 10.1 Å². The first-order chi connectivity index (χ1) is 17.0. The molecule has 1 aliphatic rings. The second kappa shape index (κ2) is 10.2. The van der Waals surface area contributed by atoms with Crippen LogP contribution in [0.25, 0.3) is 11.1 Å². The van der Waals surface area contributed by atoms with Gasteiger partial charge in [0.1, 0.15) is 17.3 Å².